The maximum absolute atomic E-state index is 11.5. The van der Waals surface area contributed by atoms with Crippen LogP contribution in [0.3, 0.4) is 0 Å². The van der Waals surface area contributed by atoms with Crippen molar-refractivity contribution >= 4 is 33.3 Å². The van der Waals surface area contributed by atoms with Gasteiger partial charge >= 0.3 is 5.97 Å². The summed E-state index contributed by atoms with van der Waals surface area (Å²) in [6.07, 6.45) is 8.18. The highest BCUT2D eigenvalue weighted by molar-refractivity contribution is 7.20. The Kier molecular flexibility index (Phi) is 3.95. The molecule has 4 rings (SSSR count). The van der Waals surface area contributed by atoms with Gasteiger partial charge in [-0.1, -0.05) is 19.3 Å². The molecule has 2 unspecified atom stereocenters. The van der Waals surface area contributed by atoms with Crippen LogP contribution in [0.4, 0.5) is 5.82 Å². The topological polar surface area (TPSA) is 66.3 Å². The van der Waals surface area contributed by atoms with Crippen molar-refractivity contribution in [2.75, 3.05) is 11.4 Å². The first kappa shape index (κ1) is 15.8. The minimum absolute atomic E-state index is 0.381. The molecule has 0 aromatic carbocycles. The Morgan fingerprint density at radius 3 is 2.71 bits per heavy atom. The Hall–Kier alpha value is -1.69. The Labute approximate surface area is 145 Å². The summed E-state index contributed by atoms with van der Waals surface area (Å²) in [5.41, 5.74) is 0.802. The van der Waals surface area contributed by atoms with E-state index in [1.165, 1.54) is 43.4 Å². The Bertz CT molecular complexity index is 784. The Balaban J connectivity index is 1.75. The highest BCUT2D eigenvalue weighted by Gasteiger charge is 2.35. The molecule has 1 aliphatic heterocycles. The summed E-state index contributed by atoms with van der Waals surface area (Å²) in [6.45, 7) is 5.17. The number of nitrogens with zero attached hydrogens (tertiary/aromatic N) is 3. The fourth-order valence-corrected chi connectivity index (χ4v) is 5.18. The van der Waals surface area contributed by atoms with Gasteiger partial charge in [0.25, 0.3) is 0 Å². The van der Waals surface area contributed by atoms with Crippen molar-refractivity contribution in [1.82, 2.24) is 9.97 Å². The fourth-order valence-electron chi connectivity index (χ4n) is 4.20. The van der Waals surface area contributed by atoms with Gasteiger partial charge in [0, 0.05) is 12.6 Å². The summed E-state index contributed by atoms with van der Waals surface area (Å²) in [4.78, 5) is 24.0. The molecule has 1 N–H and O–H groups in total. The number of carboxylic acid groups (broad SMARTS) is 1. The third-order valence-electron chi connectivity index (χ3n) is 5.91. The summed E-state index contributed by atoms with van der Waals surface area (Å²) in [5, 5.41) is 10.4. The summed E-state index contributed by atoms with van der Waals surface area (Å²) in [7, 11) is 0. The molecule has 1 saturated carbocycles. The van der Waals surface area contributed by atoms with E-state index >= 15 is 0 Å². The number of hydrogen-bond donors (Lipinski definition) is 1. The average Bonchev–Trinajstić information content (AvgIpc) is 2.85. The molecule has 24 heavy (non-hydrogen) atoms. The van der Waals surface area contributed by atoms with E-state index in [0.29, 0.717) is 10.9 Å². The number of aromatic carboxylic acids is 1. The summed E-state index contributed by atoms with van der Waals surface area (Å²) < 4.78 is 0. The molecule has 0 spiro atoms. The van der Waals surface area contributed by atoms with Crippen LogP contribution < -0.4 is 4.90 Å². The van der Waals surface area contributed by atoms with Crippen LogP contribution >= 0.6 is 11.3 Å². The predicted molar refractivity (Wildman–Crippen MR) is 96.0 cm³/mol. The van der Waals surface area contributed by atoms with E-state index in [0.717, 1.165) is 40.0 Å². The first-order valence-corrected chi connectivity index (χ1v) is 9.62. The van der Waals surface area contributed by atoms with Crippen molar-refractivity contribution in [2.45, 2.75) is 52.0 Å². The number of aromatic nitrogens is 2. The van der Waals surface area contributed by atoms with E-state index in [1.807, 2.05) is 6.92 Å². The number of anilines is 1. The molecule has 2 aromatic rings. The highest BCUT2D eigenvalue weighted by atomic mass is 32.1. The maximum Gasteiger partial charge on any atom is 0.346 e. The quantitative estimate of drug-likeness (QED) is 0.907. The van der Waals surface area contributed by atoms with Gasteiger partial charge < -0.3 is 10.0 Å². The average molecular weight is 345 g/mol. The summed E-state index contributed by atoms with van der Waals surface area (Å²) in [5.74, 6) is 1.67. The molecule has 128 valence electrons. The molecule has 2 aromatic heterocycles. The smallest absolute Gasteiger partial charge is 0.346 e. The third kappa shape index (κ3) is 2.48. The van der Waals surface area contributed by atoms with E-state index < -0.39 is 5.97 Å². The minimum atomic E-state index is -0.875. The van der Waals surface area contributed by atoms with Crippen LogP contribution in [-0.4, -0.2) is 33.6 Å². The van der Waals surface area contributed by atoms with Crippen LogP contribution in [0.2, 0.25) is 0 Å². The lowest BCUT2D eigenvalue weighted by Gasteiger charge is -2.44. The van der Waals surface area contributed by atoms with Crippen molar-refractivity contribution < 1.29 is 9.90 Å². The lowest BCUT2D eigenvalue weighted by atomic mass is 9.72. The van der Waals surface area contributed by atoms with Crippen LogP contribution in [0.25, 0.3) is 10.2 Å². The van der Waals surface area contributed by atoms with Gasteiger partial charge in [0.05, 0.1) is 5.39 Å². The number of thiophene rings is 1. The number of carbonyl (C=O) groups is 1. The number of carboxylic acids is 1. The fraction of sp³-hybridized carbons (Fsp3) is 0.611. The second-order valence-electron chi connectivity index (χ2n) is 7.27. The molecule has 3 heterocycles. The van der Waals surface area contributed by atoms with Crippen molar-refractivity contribution in [3.63, 3.8) is 0 Å². The molecule has 2 aliphatic rings. The van der Waals surface area contributed by atoms with Gasteiger partial charge in [0.1, 0.15) is 21.9 Å². The molecule has 2 atom stereocenters. The zero-order valence-electron chi connectivity index (χ0n) is 14.2. The first-order valence-electron chi connectivity index (χ1n) is 8.80. The number of hydrogen-bond acceptors (Lipinski definition) is 5. The lowest BCUT2D eigenvalue weighted by Crippen LogP contribution is -2.45. The molecule has 0 bridgehead atoms. The molecule has 0 amide bonds. The molecule has 0 radical (unpaired) electrons. The summed E-state index contributed by atoms with van der Waals surface area (Å²) in [6, 6.07) is 0.437. The van der Waals surface area contributed by atoms with Crippen molar-refractivity contribution in [3.8, 4) is 0 Å². The first-order chi connectivity index (χ1) is 11.6. The largest absolute Gasteiger partial charge is 0.477 e. The van der Waals surface area contributed by atoms with Crippen LogP contribution in [0.1, 0.15) is 54.3 Å². The molecule has 2 fully saturated rings. The maximum atomic E-state index is 11.5. The molecular weight excluding hydrogens is 322 g/mol. The summed E-state index contributed by atoms with van der Waals surface area (Å²) >= 11 is 1.26. The molecule has 6 heteroatoms. The van der Waals surface area contributed by atoms with E-state index in [1.54, 1.807) is 6.33 Å². The number of piperidine rings is 1. The standard InChI is InChI=1S/C18H23N3O2S/c1-10-6-7-13(12-4-3-5-12)8-21(10)16-14-11(2)15(18(22)23)24-17(14)20-9-19-16/h9-10,12-13H,3-8H2,1-2H3,(H,22,23). The van der Waals surface area contributed by atoms with Crippen LogP contribution in [0, 0.1) is 18.8 Å². The van der Waals surface area contributed by atoms with E-state index in [4.69, 9.17) is 0 Å². The Morgan fingerprint density at radius 2 is 2.04 bits per heavy atom. The number of rotatable bonds is 3. The monoisotopic (exact) mass is 345 g/mol. The van der Waals surface area contributed by atoms with Crippen molar-refractivity contribution in [2.24, 2.45) is 11.8 Å². The number of fused-ring (bicyclic) bond motifs is 1. The van der Waals surface area contributed by atoms with Gasteiger partial charge in [0.2, 0.25) is 0 Å². The SMILES string of the molecule is Cc1c(C(=O)O)sc2ncnc(N3CC(C4CCC4)CCC3C)c12. The van der Waals surface area contributed by atoms with Gasteiger partial charge in [-0.2, -0.15) is 0 Å². The van der Waals surface area contributed by atoms with Crippen molar-refractivity contribution in [1.29, 1.82) is 0 Å². The van der Waals surface area contributed by atoms with E-state index in [-0.39, 0.29) is 0 Å². The highest BCUT2D eigenvalue weighted by Crippen LogP contribution is 2.42. The van der Waals surface area contributed by atoms with Gasteiger partial charge in [-0.3, -0.25) is 0 Å². The van der Waals surface area contributed by atoms with E-state index in [9.17, 15) is 9.90 Å². The van der Waals surface area contributed by atoms with Crippen LogP contribution in [0.5, 0.6) is 0 Å². The second-order valence-corrected chi connectivity index (χ2v) is 8.27. The molecule has 5 nitrogen and oxygen atoms in total. The van der Waals surface area contributed by atoms with Crippen LogP contribution in [-0.2, 0) is 0 Å². The zero-order chi connectivity index (χ0) is 16.8. The van der Waals surface area contributed by atoms with Gasteiger partial charge in [0.15, 0.2) is 0 Å². The van der Waals surface area contributed by atoms with Gasteiger partial charge in [-0.15, -0.1) is 11.3 Å². The van der Waals surface area contributed by atoms with E-state index in [2.05, 4.69) is 21.8 Å². The zero-order valence-corrected chi connectivity index (χ0v) is 15.0. The third-order valence-corrected chi connectivity index (χ3v) is 7.10. The van der Waals surface area contributed by atoms with Gasteiger partial charge in [-0.25, -0.2) is 14.8 Å². The minimum Gasteiger partial charge on any atom is -0.477 e. The molecule has 1 aliphatic carbocycles. The Morgan fingerprint density at radius 1 is 1.25 bits per heavy atom. The molecular formula is C18H23N3O2S. The molecule has 1 saturated heterocycles. The predicted octanol–water partition coefficient (Wildman–Crippen LogP) is 4.10. The number of aryl methyl sites for hydroxylation is 1. The van der Waals surface area contributed by atoms with Crippen molar-refractivity contribution in [3.05, 3.63) is 16.8 Å². The second kappa shape index (κ2) is 5.99. The van der Waals surface area contributed by atoms with Gasteiger partial charge in [-0.05, 0) is 44.1 Å². The van der Waals surface area contributed by atoms with Crippen LogP contribution in [0.15, 0.2) is 6.33 Å². The lowest BCUT2D eigenvalue weighted by molar-refractivity contribution is 0.0701. The normalized spacial score (nSPS) is 25.0.